The van der Waals surface area contributed by atoms with Crippen LogP contribution in [0.25, 0.3) is 12.2 Å². The summed E-state index contributed by atoms with van der Waals surface area (Å²) in [4.78, 5) is 0. The van der Waals surface area contributed by atoms with Gasteiger partial charge in [-0.2, -0.15) is 0 Å². The van der Waals surface area contributed by atoms with Gasteiger partial charge in [0.05, 0.1) is 23.5 Å². The summed E-state index contributed by atoms with van der Waals surface area (Å²) in [6.07, 6.45) is 3.85. The fraction of sp³-hybridized carbons (Fsp3) is 0.385. The van der Waals surface area contributed by atoms with Crippen molar-refractivity contribution in [1.82, 2.24) is 0 Å². The van der Waals surface area contributed by atoms with Crippen LogP contribution in [0, 0.1) is 10.8 Å². The molecule has 6 nitrogen and oxygen atoms in total. The van der Waals surface area contributed by atoms with Crippen LogP contribution < -0.4 is 0 Å². The molecule has 0 bridgehead atoms. The molecule has 0 amide bonds. The van der Waals surface area contributed by atoms with Crippen LogP contribution in [0.2, 0.25) is 0 Å². The Bertz CT molecular complexity index is 1190. The summed E-state index contributed by atoms with van der Waals surface area (Å²) in [7, 11) is 0. The van der Waals surface area contributed by atoms with Gasteiger partial charge in [-0.15, -0.1) is 0 Å². The van der Waals surface area contributed by atoms with E-state index in [-0.39, 0.29) is 12.8 Å². The summed E-state index contributed by atoms with van der Waals surface area (Å²) < 4.78 is 0. The van der Waals surface area contributed by atoms with Crippen LogP contribution in [0.4, 0.5) is 0 Å². The number of rotatable bonds is 2. The third-order valence-electron chi connectivity index (χ3n) is 8.85. The Kier molecular flexibility index (Phi) is 3.79. The number of hydrogen-bond acceptors (Lipinski definition) is 6. The minimum absolute atomic E-state index is 0.0967. The minimum Gasteiger partial charge on any atom is -0.394 e. The van der Waals surface area contributed by atoms with Gasteiger partial charge < -0.3 is 30.6 Å². The first-order chi connectivity index (χ1) is 15.2. The first kappa shape index (κ1) is 20.3. The van der Waals surface area contributed by atoms with Crippen LogP contribution in [-0.4, -0.2) is 66.3 Å². The SMILES string of the molecule is OC[C@@H](O)[C@]1(O)C2(C=Cc3ccccc3C2)[C@]2(O)C(O)C3(C=Cc4ccccc4C3)[C@@]21O. The summed E-state index contributed by atoms with van der Waals surface area (Å²) in [5.41, 5.74) is -6.21. The van der Waals surface area contributed by atoms with Gasteiger partial charge in [-0.05, 0) is 35.1 Å². The highest BCUT2D eigenvalue weighted by molar-refractivity contribution is 5.69. The second-order valence-electron chi connectivity index (χ2n) is 9.77. The third-order valence-corrected chi connectivity index (χ3v) is 8.85. The van der Waals surface area contributed by atoms with Gasteiger partial charge in [0.15, 0.2) is 0 Å². The predicted molar refractivity (Wildman–Crippen MR) is 117 cm³/mol. The van der Waals surface area contributed by atoms with Gasteiger partial charge in [0, 0.05) is 0 Å². The lowest BCUT2D eigenvalue weighted by molar-refractivity contribution is -0.534. The quantitative estimate of drug-likeness (QED) is 0.408. The van der Waals surface area contributed by atoms with Crippen LogP contribution in [0.1, 0.15) is 22.3 Å². The van der Waals surface area contributed by atoms with Gasteiger partial charge in [0.1, 0.15) is 22.9 Å². The molecule has 7 atom stereocenters. The average molecular weight is 434 g/mol. The van der Waals surface area contributed by atoms with Crippen LogP contribution in [0.3, 0.4) is 0 Å². The van der Waals surface area contributed by atoms with E-state index in [2.05, 4.69) is 0 Å². The van der Waals surface area contributed by atoms with E-state index >= 15 is 0 Å². The Hall–Kier alpha value is -2.32. The van der Waals surface area contributed by atoms with Crippen molar-refractivity contribution >= 4 is 12.2 Å². The average Bonchev–Trinajstić information content (AvgIpc) is 2.85. The Morgan fingerprint density at radius 3 is 2.03 bits per heavy atom. The summed E-state index contributed by atoms with van der Waals surface area (Å²) in [5.74, 6) is 0. The fourth-order valence-electron chi connectivity index (χ4n) is 7.36. The van der Waals surface area contributed by atoms with Gasteiger partial charge in [0.25, 0.3) is 0 Å². The van der Waals surface area contributed by atoms with Crippen LogP contribution in [0.15, 0.2) is 60.7 Å². The molecule has 32 heavy (non-hydrogen) atoms. The van der Waals surface area contributed by atoms with Crippen LogP contribution in [0.5, 0.6) is 0 Å². The van der Waals surface area contributed by atoms with Gasteiger partial charge in [0.2, 0.25) is 0 Å². The van der Waals surface area contributed by atoms with E-state index in [4.69, 9.17) is 0 Å². The molecule has 6 N–H and O–H groups in total. The maximum absolute atomic E-state index is 12.1. The molecule has 3 unspecified atom stereocenters. The Labute approximate surface area is 185 Å². The lowest BCUT2D eigenvalue weighted by Crippen LogP contribution is -3.08. The molecule has 6 rings (SSSR count). The number of aliphatic hydroxyl groups excluding tert-OH is 3. The highest BCUT2D eigenvalue weighted by Crippen LogP contribution is 2.82. The highest BCUT2D eigenvalue weighted by Gasteiger charge is 3.02. The van der Waals surface area contributed by atoms with Crippen LogP contribution in [-0.2, 0) is 12.8 Å². The van der Waals surface area contributed by atoms with Crippen molar-refractivity contribution in [3.8, 4) is 0 Å². The highest BCUT2D eigenvalue weighted by atomic mass is 16.5. The largest absolute Gasteiger partial charge is 0.394 e. The second-order valence-corrected chi connectivity index (χ2v) is 9.77. The van der Waals surface area contributed by atoms with Gasteiger partial charge in [-0.3, -0.25) is 0 Å². The lowest BCUT2D eigenvalue weighted by atomic mass is 9.20. The zero-order valence-corrected chi connectivity index (χ0v) is 17.4. The lowest BCUT2D eigenvalue weighted by Gasteiger charge is -2.88. The molecule has 6 heteroatoms. The van der Waals surface area contributed by atoms with E-state index in [9.17, 15) is 30.6 Å². The van der Waals surface area contributed by atoms with E-state index in [1.54, 1.807) is 24.3 Å². The predicted octanol–water partition coefficient (Wildman–Crippen LogP) is 0.433. The molecule has 2 aromatic rings. The van der Waals surface area contributed by atoms with E-state index < -0.39 is 46.4 Å². The maximum atomic E-state index is 12.1. The molecule has 166 valence electrons. The molecular weight excluding hydrogens is 408 g/mol. The number of fused-ring (bicyclic) bond motifs is 5. The molecule has 2 aromatic carbocycles. The van der Waals surface area contributed by atoms with Gasteiger partial charge in [-0.25, -0.2) is 0 Å². The topological polar surface area (TPSA) is 121 Å². The molecule has 4 aliphatic carbocycles. The molecule has 0 aromatic heterocycles. The second kappa shape index (κ2) is 5.97. The van der Waals surface area contributed by atoms with Crippen molar-refractivity contribution in [3.63, 3.8) is 0 Å². The van der Waals surface area contributed by atoms with E-state index in [1.807, 2.05) is 48.5 Å². The Balaban J connectivity index is 1.55. The number of benzene rings is 2. The summed E-state index contributed by atoms with van der Waals surface area (Å²) in [6, 6.07) is 15.0. The molecule has 2 spiro atoms. The molecule has 0 radical (unpaired) electrons. The first-order valence-electron chi connectivity index (χ1n) is 10.9. The van der Waals surface area contributed by atoms with E-state index in [0.29, 0.717) is 0 Å². The van der Waals surface area contributed by atoms with Crippen molar-refractivity contribution in [1.29, 1.82) is 0 Å². The standard InChI is InChI=1S/C26H26O6/c27-15-20(28)24(30)23(12-10-17-6-2-4-8-19(17)14-23)25(31)21(29)22(26(24,25)32)11-9-16-5-1-3-7-18(16)13-22/h1-12,20-21,27-32H,13-15H2/t20-,21?,22?,23?,24+,25-,26+/m1/s1. The zero-order chi connectivity index (χ0) is 22.6. The maximum Gasteiger partial charge on any atom is 0.141 e. The van der Waals surface area contributed by atoms with Crippen molar-refractivity contribution in [2.45, 2.75) is 41.9 Å². The van der Waals surface area contributed by atoms with Crippen molar-refractivity contribution < 1.29 is 30.6 Å². The summed E-state index contributed by atoms with van der Waals surface area (Å²) in [6.45, 7) is -0.807. The van der Waals surface area contributed by atoms with Gasteiger partial charge in [-0.1, -0.05) is 72.8 Å². The van der Waals surface area contributed by atoms with Crippen molar-refractivity contribution in [2.75, 3.05) is 6.61 Å². The molecule has 2 fully saturated rings. The summed E-state index contributed by atoms with van der Waals surface area (Å²) in [5, 5.41) is 68.3. The van der Waals surface area contributed by atoms with Crippen LogP contribution >= 0.6 is 0 Å². The molecule has 2 saturated carbocycles. The minimum atomic E-state index is -2.30. The summed E-state index contributed by atoms with van der Waals surface area (Å²) >= 11 is 0. The third kappa shape index (κ3) is 1.73. The van der Waals surface area contributed by atoms with Crippen molar-refractivity contribution in [2.24, 2.45) is 10.8 Å². The normalized spacial score (nSPS) is 43.8. The Morgan fingerprint density at radius 2 is 1.41 bits per heavy atom. The Morgan fingerprint density at radius 1 is 0.844 bits per heavy atom. The molecule has 0 aliphatic heterocycles. The fourth-order valence-corrected chi connectivity index (χ4v) is 7.36. The number of hydrogen-bond donors (Lipinski definition) is 6. The van der Waals surface area contributed by atoms with Crippen molar-refractivity contribution in [3.05, 3.63) is 82.9 Å². The number of aliphatic hydroxyl groups is 6. The molecule has 0 saturated heterocycles. The van der Waals surface area contributed by atoms with Gasteiger partial charge >= 0.3 is 0 Å². The monoisotopic (exact) mass is 434 g/mol. The first-order valence-corrected chi connectivity index (χ1v) is 10.9. The zero-order valence-electron chi connectivity index (χ0n) is 17.4. The smallest absolute Gasteiger partial charge is 0.141 e. The molecule has 4 aliphatic rings. The van der Waals surface area contributed by atoms with E-state index in [0.717, 1.165) is 22.3 Å². The molecule has 0 heterocycles. The molecular formula is C26H26O6. The van der Waals surface area contributed by atoms with E-state index in [1.165, 1.54) is 0 Å².